The number of ether oxygens (including phenoxy) is 1. The van der Waals surface area contributed by atoms with E-state index in [1.165, 1.54) is 0 Å². The Labute approximate surface area is 143 Å². The Morgan fingerprint density at radius 3 is 2.33 bits per heavy atom. The van der Waals surface area contributed by atoms with Crippen molar-refractivity contribution < 1.29 is 14.3 Å². The number of nitrogens with zero attached hydrogens (tertiary/aromatic N) is 1. The molecule has 0 saturated carbocycles. The molecule has 132 valence electrons. The van der Waals surface area contributed by atoms with Gasteiger partial charge in [-0.05, 0) is 51.0 Å². The SMILES string of the molecule is CCCC/C(C)=N\NC(=O)CCC(=O)Nc1ccc(OCC)cc1. The monoisotopic (exact) mass is 333 g/mol. The number of rotatable bonds is 10. The number of anilines is 1. The van der Waals surface area contributed by atoms with Crippen LogP contribution in [0.25, 0.3) is 0 Å². The van der Waals surface area contributed by atoms with E-state index >= 15 is 0 Å². The van der Waals surface area contributed by atoms with Crippen LogP contribution in [0.15, 0.2) is 29.4 Å². The molecule has 0 fully saturated rings. The van der Waals surface area contributed by atoms with E-state index in [9.17, 15) is 9.59 Å². The molecule has 2 amide bonds. The smallest absolute Gasteiger partial charge is 0.240 e. The summed E-state index contributed by atoms with van der Waals surface area (Å²) >= 11 is 0. The predicted octanol–water partition coefficient (Wildman–Crippen LogP) is 3.49. The summed E-state index contributed by atoms with van der Waals surface area (Å²) in [5, 5.41) is 6.77. The maximum Gasteiger partial charge on any atom is 0.240 e. The molecule has 0 spiro atoms. The highest BCUT2D eigenvalue weighted by Gasteiger charge is 2.07. The maximum atomic E-state index is 11.8. The number of hydrogen-bond acceptors (Lipinski definition) is 4. The standard InChI is InChI=1S/C18H27N3O3/c1-4-6-7-14(3)20-21-18(23)13-12-17(22)19-15-8-10-16(11-9-15)24-5-2/h8-11H,4-7,12-13H2,1-3H3,(H,19,22)(H,21,23)/b20-14-. The molecule has 1 rings (SSSR count). The highest BCUT2D eigenvalue weighted by atomic mass is 16.5. The van der Waals surface area contributed by atoms with Crippen molar-refractivity contribution in [2.45, 2.75) is 52.9 Å². The molecule has 24 heavy (non-hydrogen) atoms. The van der Waals surface area contributed by atoms with Gasteiger partial charge in [-0.25, -0.2) is 5.43 Å². The first-order chi connectivity index (χ1) is 11.5. The Bertz CT molecular complexity index is 553. The number of amides is 2. The summed E-state index contributed by atoms with van der Waals surface area (Å²) in [6, 6.07) is 7.12. The topological polar surface area (TPSA) is 79.8 Å². The Kier molecular flexibility index (Phi) is 9.19. The Morgan fingerprint density at radius 1 is 1.04 bits per heavy atom. The van der Waals surface area contributed by atoms with Crippen LogP contribution in [-0.2, 0) is 9.59 Å². The van der Waals surface area contributed by atoms with E-state index in [-0.39, 0.29) is 24.7 Å². The summed E-state index contributed by atoms with van der Waals surface area (Å²) < 4.78 is 5.34. The minimum atomic E-state index is -0.257. The quantitative estimate of drug-likeness (QED) is 0.508. The van der Waals surface area contributed by atoms with Crippen LogP contribution in [0.2, 0.25) is 0 Å². The molecule has 0 unspecified atom stereocenters. The molecule has 1 aromatic rings. The van der Waals surface area contributed by atoms with E-state index < -0.39 is 0 Å². The summed E-state index contributed by atoms with van der Waals surface area (Å²) in [6.45, 7) is 6.50. The zero-order chi connectivity index (χ0) is 17.8. The maximum absolute atomic E-state index is 11.8. The van der Waals surface area contributed by atoms with Crippen molar-refractivity contribution in [3.05, 3.63) is 24.3 Å². The molecular formula is C18H27N3O3. The van der Waals surface area contributed by atoms with Crippen LogP contribution in [-0.4, -0.2) is 24.1 Å². The number of nitrogens with one attached hydrogen (secondary N) is 2. The Morgan fingerprint density at radius 2 is 1.71 bits per heavy atom. The molecule has 0 radical (unpaired) electrons. The van der Waals surface area contributed by atoms with E-state index in [0.717, 1.165) is 30.7 Å². The molecule has 0 aromatic heterocycles. The van der Waals surface area contributed by atoms with Gasteiger partial charge in [0.05, 0.1) is 6.61 Å². The average Bonchev–Trinajstić information content (AvgIpc) is 2.58. The molecule has 0 atom stereocenters. The van der Waals surface area contributed by atoms with Gasteiger partial charge in [0, 0.05) is 24.2 Å². The molecule has 6 heteroatoms. The number of unbranched alkanes of at least 4 members (excludes halogenated alkanes) is 1. The zero-order valence-electron chi connectivity index (χ0n) is 14.7. The van der Waals surface area contributed by atoms with Gasteiger partial charge < -0.3 is 10.1 Å². The van der Waals surface area contributed by atoms with Gasteiger partial charge in [0.1, 0.15) is 5.75 Å². The highest BCUT2D eigenvalue weighted by Crippen LogP contribution is 2.15. The first kappa shape index (κ1) is 19.7. The van der Waals surface area contributed by atoms with E-state index in [2.05, 4.69) is 22.8 Å². The van der Waals surface area contributed by atoms with Crippen LogP contribution in [0, 0.1) is 0 Å². The van der Waals surface area contributed by atoms with Gasteiger partial charge >= 0.3 is 0 Å². The first-order valence-corrected chi connectivity index (χ1v) is 8.39. The number of benzene rings is 1. The lowest BCUT2D eigenvalue weighted by atomic mass is 10.2. The summed E-state index contributed by atoms with van der Waals surface area (Å²) in [7, 11) is 0. The number of carbonyl (C=O) groups excluding carboxylic acids is 2. The lowest BCUT2D eigenvalue weighted by Gasteiger charge is -2.07. The van der Waals surface area contributed by atoms with Crippen molar-refractivity contribution in [3.8, 4) is 5.75 Å². The third-order valence-corrected chi connectivity index (χ3v) is 3.29. The summed E-state index contributed by atoms with van der Waals surface area (Å²) in [5.41, 5.74) is 4.06. The Balaban J connectivity index is 2.31. The lowest BCUT2D eigenvalue weighted by Crippen LogP contribution is -2.21. The lowest BCUT2D eigenvalue weighted by molar-refractivity contribution is -0.124. The highest BCUT2D eigenvalue weighted by molar-refractivity contribution is 5.93. The van der Waals surface area contributed by atoms with Crippen LogP contribution in [0.1, 0.15) is 52.9 Å². The summed E-state index contributed by atoms with van der Waals surface area (Å²) in [5.74, 6) is 0.292. The molecule has 2 N–H and O–H groups in total. The minimum absolute atomic E-state index is 0.105. The van der Waals surface area contributed by atoms with Crippen LogP contribution >= 0.6 is 0 Å². The second-order valence-electron chi connectivity index (χ2n) is 5.49. The first-order valence-electron chi connectivity index (χ1n) is 8.39. The number of carbonyl (C=O) groups is 2. The second kappa shape index (κ2) is 11.2. The van der Waals surface area contributed by atoms with Gasteiger partial charge in [0.2, 0.25) is 11.8 Å². The van der Waals surface area contributed by atoms with Crippen molar-refractivity contribution in [2.24, 2.45) is 5.10 Å². The molecular weight excluding hydrogens is 306 g/mol. The van der Waals surface area contributed by atoms with Crippen molar-refractivity contribution in [1.29, 1.82) is 0 Å². The second-order valence-corrected chi connectivity index (χ2v) is 5.49. The van der Waals surface area contributed by atoms with Gasteiger partial charge in [-0.3, -0.25) is 9.59 Å². The fourth-order valence-corrected chi connectivity index (χ4v) is 1.95. The number of hydrogen-bond donors (Lipinski definition) is 2. The Hall–Kier alpha value is -2.37. The normalized spacial score (nSPS) is 11.0. The van der Waals surface area contributed by atoms with E-state index in [1.807, 2.05) is 13.8 Å². The van der Waals surface area contributed by atoms with Crippen molar-refractivity contribution >= 4 is 23.2 Å². The molecule has 6 nitrogen and oxygen atoms in total. The van der Waals surface area contributed by atoms with Crippen LogP contribution < -0.4 is 15.5 Å². The number of hydrazone groups is 1. The van der Waals surface area contributed by atoms with Crippen molar-refractivity contribution in [3.63, 3.8) is 0 Å². The summed E-state index contributed by atoms with van der Waals surface area (Å²) in [4.78, 5) is 23.5. The third-order valence-electron chi connectivity index (χ3n) is 3.29. The zero-order valence-corrected chi connectivity index (χ0v) is 14.7. The van der Waals surface area contributed by atoms with Crippen molar-refractivity contribution in [2.75, 3.05) is 11.9 Å². The molecule has 0 heterocycles. The minimum Gasteiger partial charge on any atom is -0.494 e. The van der Waals surface area contributed by atoms with E-state index in [4.69, 9.17) is 4.74 Å². The van der Waals surface area contributed by atoms with Gasteiger partial charge in [-0.2, -0.15) is 5.10 Å². The molecule has 1 aromatic carbocycles. The van der Waals surface area contributed by atoms with Gasteiger partial charge in [-0.1, -0.05) is 13.3 Å². The third kappa shape index (κ3) is 8.31. The van der Waals surface area contributed by atoms with Gasteiger partial charge in [0.15, 0.2) is 0 Å². The van der Waals surface area contributed by atoms with Gasteiger partial charge in [-0.15, -0.1) is 0 Å². The average molecular weight is 333 g/mol. The van der Waals surface area contributed by atoms with Crippen molar-refractivity contribution in [1.82, 2.24) is 5.43 Å². The fraction of sp³-hybridized carbons (Fsp3) is 0.500. The molecule has 0 bridgehead atoms. The molecule has 0 aliphatic carbocycles. The van der Waals surface area contributed by atoms with Gasteiger partial charge in [0.25, 0.3) is 0 Å². The van der Waals surface area contributed by atoms with E-state index in [0.29, 0.717) is 12.3 Å². The largest absolute Gasteiger partial charge is 0.494 e. The van der Waals surface area contributed by atoms with Crippen LogP contribution in [0.5, 0.6) is 5.75 Å². The fourth-order valence-electron chi connectivity index (χ4n) is 1.95. The summed E-state index contributed by atoms with van der Waals surface area (Å²) in [6.07, 6.45) is 3.23. The molecule has 0 aliphatic rings. The van der Waals surface area contributed by atoms with E-state index in [1.54, 1.807) is 24.3 Å². The van der Waals surface area contributed by atoms with Crippen LogP contribution in [0.3, 0.4) is 0 Å². The van der Waals surface area contributed by atoms with Crippen LogP contribution in [0.4, 0.5) is 5.69 Å². The molecule has 0 saturated heterocycles. The predicted molar refractivity (Wildman–Crippen MR) is 96.3 cm³/mol. The molecule has 0 aliphatic heterocycles.